The van der Waals surface area contributed by atoms with Crippen LogP contribution in [0.1, 0.15) is 41.0 Å². The molecule has 0 saturated heterocycles. The summed E-state index contributed by atoms with van der Waals surface area (Å²) < 4.78 is 0. The summed E-state index contributed by atoms with van der Waals surface area (Å²) in [5, 5.41) is 0. The average molecular weight is 159 g/mol. The highest BCUT2D eigenvalue weighted by atomic mass is 16.1. The van der Waals surface area contributed by atoms with Crippen LogP contribution in [-0.2, 0) is 4.79 Å². The molecule has 0 fully saturated rings. The second-order valence-corrected chi connectivity index (χ2v) is 3.14. The van der Waals surface area contributed by atoms with Gasteiger partial charge < -0.3 is 5.73 Å². The highest BCUT2D eigenvalue weighted by Gasteiger charge is 2.11. The van der Waals surface area contributed by atoms with Crippen molar-refractivity contribution in [2.45, 2.75) is 41.0 Å². The molecule has 0 aromatic rings. The molecule has 0 aromatic carbocycles. The monoisotopic (exact) mass is 159 g/mol. The summed E-state index contributed by atoms with van der Waals surface area (Å²) in [5.41, 5.74) is 5.00. The first-order valence-electron chi connectivity index (χ1n) is 4.26. The van der Waals surface area contributed by atoms with Crippen molar-refractivity contribution in [3.63, 3.8) is 0 Å². The molecule has 11 heavy (non-hydrogen) atoms. The lowest BCUT2D eigenvalue weighted by Gasteiger charge is -2.09. The Hall–Kier alpha value is -0.530. The van der Waals surface area contributed by atoms with Crippen LogP contribution in [-0.4, -0.2) is 5.91 Å². The molecule has 0 rings (SSSR count). The van der Waals surface area contributed by atoms with Crippen LogP contribution >= 0.6 is 0 Å². The summed E-state index contributed by atoms with van der Waals surface area (Å²) in [7, 11) is 0. The smallest absolute Gasteiger partial charge is 0.220 e. The fraction of sp³-hybridized carbons (Fsp3) is 0.889. The Bertz CT molecular complexity index is 99.7. The van der Waals surface area contributed by atoms with E-state index in [0.717, 1.165) is 0 Å². The zero-order chi connectivity index (χ0) is 9.44. The Balaban J connectivity index is 0. The van der Waals surface area contributed by atoms with Crippen molar-refractivity contribution in [1.29, 1.82) is 0 Å². The molecule has 0 aromatic heterocycles. The minimum Gasteiger partial charge on any atom is -0.369 e. The van der Waals surface area contributed by atoms with Crippen LogP contribution in [0.2, 0.25) is 0 Å². The van der Waals surface area contributed by atoms with E-state index in [2.05, 4.69) is 13.8 Å². The average Bonchev–Trinajstić information content (AvgIpc) is 1.87. The normalized spacial score (nSPS) is 11.8. The standard InChI is InChI=1S/C6H13NO.C3H8/c1-4(2)5(3)6(7)8;1-3-2/h4-5H,1-3H3,(H2,7,8);3H2,1-2H3/t5-;/m0./s1. The van der Waals surface area contributed by atoms with Gasteiger partial charge in [-0.2, -0.15) is 0 Å². The van der Waals surface area contributed by atoms with Crippen LogP contribution in [0.3, 0.4) is 0 Å². The Morgan fingerprint density at radius 3 is 1.55 bits per heavy atom. The Morgan fingerprint density at radius 1 is 1.27 bits per heavy atom. The van der Waals surface area contributed by atoms with Crippen LogP contribution in [0.5, 0.6) is 0 Å². The lowest BCUT2D eigenvalue weighted by Crippen LogP contribution is -2.24. The third-order valence-electron chi connectivity index (χ3n) is 1.45. The van der Waals surface area contributed by atoms with Gasteiger partial charge in [-0.1, -0.05) is 41.0 Å². The molecular weight excluding hydrogens is 138 g/mol. The largest absolute Gasteiger partial charge is 0.369 e. The van der Waals surface area contributed by atoms with Crippen molar-refractivity contribution in [3.05, 3.63) is 0 Å². The summed E-state index contributed by atoms with van der Waals surface area (Å²) in [5.74, 6) is 0.169. The van der Waals surface area contributed by atoms with E-state index in [0.29, 0.717) is 5.92 Å². The Morgan fingerprint density at radius 2 is 1.55 bits per heavy atom. The third-order valence-corrected chi connectivity index (χ3v) is 1.45. The second-order valence-electron chi connectivity index (χ2n) is 3.14. The van der Waals surface area contributed by atoms with E-state index in [4.69, 9.17) is 5.73 Å². The molecule has 68 valence electrons. The molecule has 1 atom stereocenters. The van der Waals surface area contributed by atoms with Gasteiger partial charge >= 0.3 is 0 Å². The molecule has 0 unspecified atom stereocenters. The van der Waals surface area contributed by atoms with Crippen LogP contribution < -0.4 is 5.73 Å². The van der Waals surface area contributed by atoms with Gasteiger partial charge in [-0.25, -0.2) is 0 Å². The predicted molar refractivity (Wildman–Crippen MR) is 49.2 cm³/mol. The SMILES string of the molecule is CC(C)[C@H](C)C(N)=O.CCC. The molecule has 0 aliphatic rings. The van der Waals surface area contributed by atoms with Crippen LogP contribution in [0.25, 0.3) is 0 Å². The van der Waals surface area contributed by atoms with Crippen LogP contribution in [0.4, 0.5) is 0 Å². The van der Waals surface area contributed by atoms with Gasteiger partial charge in [-0.05, 0) is 5.92 Å². The summed E-state index contributed by atoms with van der Waals surface area (Å²) in [6.07, 6.45) is 1.25. The molecule has 2 nitrogen and oxygen atoms in total. The van der Waals surface area contributed by atoms with Gasteiger partial charge in [0.25, 0.3) is 0 Å². The molecule has 2 N–H and O–H groups in total. The van der Waals surface area contributed by atoms with Crippen molar-refractivity contribution in [2.75, 3.05) is 0 Å². The lowest BCUT2D eigenvalue weighted by atomic mass is 9.98. The molecular formula is C9H21NO. The zero-order valence-corrected chi connectivity index (χ0v) is 8.35. The van der Waals surface area contributed by atoms with E-state index in [9.17, 15) is 4.79 Å². The van der Waals surface area contributed by atoms with Crippen LogP contribution in [0, 0.1) is 11.8 Å². The fourth-order valence-corrected chi connectivity index (χ4v) is 0.329. The summed E-state index contributed by atoms with van der Waals surface area (Å²) >= 11 is 0. The number of nitrogens with two attached hydrogens (primary N) is 1. The number of hydrogen-bond donors (Lipinski definition) is 1. The number of carbonyl (C=O) groups is 1. The van der Waals surface area contributed by atoms with Gasteiger partial charge in [0, 0.05) is 5.92 Å². The zero-order valence-electron chi connectivity index (χ0n) is 8.35. The van der Waals surface area contributed by atoms with E-state index in [1.807, 2.05) is 20.8 Å². The Kier molecular flexibility index (Phi) is 9.01. The van der Waals surface area contributed by atoms with Gasteiger partial charge in [-0.15, -0.1) is 0 Å². The number of amides is 1. The third kappa shape index (κ3) is 9.47. The van der Waals surface area contributed by atoms with Gasteiger partial charge in [0.15, 0.2) is 0 Å². The summed E-state index contributed by atoms with van der Waals surface area (Å²) in [4.78, 5) is 10.4. The van der Waals surface area contributed by atoms with Gasteiger partial charge in [0.1, 0.15) is 0 Å². The first-order chi connectivity index (χ1) is 4.97. The fourth-order valence-electron chi connectivity index (χ4n) is 0.329. The minimum atomic E-state index is -0.208. The number of primary amides is 1. The van der Waals surface area contributed by atoms with E-state index in [1.165, 1.54) is 6.42 Å². The molecule has 0 aliphatic heterocycles. The van der Waals surface area contributed by atoms with E-state index >= 15 is 0 Å². The van der Waals surface area contributed by atoms with Gasteiger partial charge in [-0.3, -0.25) is 4.79 Å². The van der Waals surface area contributed by atoms with Crippen molar-refractivity contribution in [3.8, 4) is 0 Å². The summed E-state index contributed by atoms with van der Waals surface area (Å²) in [6, 6.07) is 0. The van der Waals surface area contributed by atoms with E-state index in [1.54, 1.807) is 0 Å². The molecule has 0 aliphatic carbocycles. The quantitative estimate of drug-likeness (QED) is 0.659. The first-order valence-corrected chi connectivity index (χ1v) is 4.26. The molecule has 1 amide bonds. The van der Waals surface area contributed by atoms with Crippen molar-refractivity contribution >= 4 is 5.91 Å². The lowest BCUT2D eigenvalue weighted by molar-refractivity contribution is -0.122. The molecule has 2 heteroatoms. The minimum absolute atomic E-state index is 0.00926. The Labute approximate surface area is 70.2 Å². The second kappa shape index (κ2) is 7.58. The molecule has 0 heterocycles. The first kappa shape index (κ1) is 13.1. The predicted octanol–water partition coefficient (Wildman–Crippen LogP) is 2.18. The maximum Gasteiger partial charge on any atom is 0.220 e. The molecule has 0 spiro atoms. The molecule has 0 saturated carbocycles. The van der Waals surface area contributed by atoms with Crippen molar-refractivity contribution in [1.82, 2.24) is 0 Å². The number of hydrogen-bond acceptors (Lipinski definition) is 1. The highest BCUT2D eigenvalue weighted by Crippen LogP contribution is 2.07. The van der Waals surface area contributed by atoms with Gasteiger partial charge in [0.2, 0.25) is 5.91 Å². The van der Waals surface area contributed by atoms with Gasteiger partial charge in [0.05, 0.1) is 0 Å². The highest BCUT2D eigenvalue weighted by molar-refractivity contribution is 5.76. The van der Waals surface area contributed by atoms with Crippen molar-refractivity contribution < 1.29 is 4.79 Å². The molecule has 0 bridgehead atoms. The maximum atomic E-state index is 10.4. The van der Waals surface area contributed by atoms with Crippen LogP contribution in [0.15, 0.2) is 0 Å². The maximum absolute atomic E-state index is 10.4. The summed E-state index contributed by atoms with van der Waals surface area (Å²) in [6.45, 7) is 10.1. The van der Waals surface area contributed by atoms with E-state index in [-0.39, 0.29) is 11.8 Å². The topological polar surface area (TPSA) is 43.1 Å². The molecule has 0 radical (unpaired) electrons. The number of carbonyl (C=O) groups excluding carboxylic acids is 1. The van der Waals surface area contributed by atoms with E-state index < -0.39 is 0 Å². The van der Waals surface area contributed by atoms with Crippen molar-refractivity contribution in [2.24, 2.45) is 17.6 Å². The number of rotatable bonds is 2.